The number of thiazole rings is 1. The number of fused-ring (bicyclic) bond motifs is 1. The summed E-state index contributed by atoms with van der Waals surface area (Å²) in [6.07, 6.45) is 3.51. The van der Waals surface area contributed by atoms with E-state index in [-0.39, 0.29) is 6.04 Å². The lowest BCUT2D eigenvalue weighted by atomic mass is 10.1. The van der Waals surface area contributed by atoms with Crippen molar-refractivity contribution in [2.24, 2.45) is 5.73 Å². The molecule has 1 saturated carbocycles. The number of nitrogens with zero attached hydrogens (tertiary/aromatic N) is 1. The molecule has 2 N–H and O–H groups in total. The number of aromatic nitrogens is 1. The number of nitrogens with two attached hydrogens (primary N) is 1. The summed E-state index contributed by atoms with van der Waals surface area (Å²) in [7, 11) is 1.70. The Morgan fingerprint density at radius 1 is 1.41 bits per heavy atom. The summed E-state index contributed by atoms with van der Waals surface area (Å²) in [6.45, 7) is 0. The minimum atomic E-state index is 0.279. The Morgan fingerprint density at radius 2 is 2.29 bits per heavy atom. The van der Waals surface area contributed by atoms with Crippen LogP contribution in [0.2, 0.25) is 0 Å². The molecule has 0 bridgehead atoms. The molecule has 1 aromatic heterocycles. The molecule has 0 radical (unpaired) electrons. The van der Waals surface area contributed by atoms with Gasteiger partial charge in [0.15, 0.2) is 0 Å². The van der Waals surface area contributed by atoms with Crippen LogP contribution in [-0.2, 0) is 0 Å². The summed E-state index contributed by atoms with van der Waals surface area (Å²) in [5, 5.41) is 1.18. The SMILES string of the molecule is COc1cccc2nc(C3CCCC3N)sc12. The highest BCUT2D eigenvalue weighted by atomic mass is 32.1. The van der Waals surface area contributed by atoms with Gasteiger partial charge < -0.3 is 10.5 Å². The first kappa shape index (κ1) is 11.0. The first-order valence-electron chi connectivity index (χ1n) is 5.98. The van der Waals surface area contributed by atoms with Gasteiger partial charge in [0.05, 0.1) is 22.3 Å². The van der Waals surface area contributed by atoms with Crippen molar-refractivity contribution in [2.45, 2.75) is 31.2 Å². The van der Waals surface area contributed by atoms with Gasteiger partial charge in [0, 0.05) is 12.0 Å². The van der Waals surface area contributed by atoms with Gasteiger partial charge in [0.25, 0.3) is 0 Å². The van der Waals surface area contributed by atoms with Crippen molar-refractivity contribution in [1.82, 2.24) is 4.98 Å². The Bertz CT molecular complexity index is 537. The van der Waals surface area contributed by atoms with Crippen LogP contribution < -0.4 is 10.5 Å². The van der Waals surface area contributed by atoms with Gasteiger partial charge in [0.2, 0.25) is 0 Å². The monoisotopic (exact) mass is 248 g/mol. The van der Waals surface area contributed by atoms with Crippen molar-refractivity contribution < 1.29 is 4.74 Å². The number of methoxy groups -OCH3 is 1. The van der Waals surface area contributed by atoms with Crippen LogP contribution in [0.3, 0.4) is 0 Å². The van der Waals surface area contributed by atoms with Crippen molar-refractivity contribution in [3.05, 3.63) is 23.2 Å². The Balaban J connectivity index is 2.07. The van der Waals surface area contributed by atoms with E-state index < -0.39 is 0 Å². The van der Waals surface area contributed by atoms with Crippen LogP contribution in [0.4, 0.5) is 0 Å². The predicted molar refractivity (Wildman–Crippen MR) is 70.7 cm³/mol. The van der Waals surface area contributed by atoms with Crippen LogP contribution in [0.1, 0.15) is 30.2 Å². The van der Waals surface area contributed by atoms with Gasteiger partial charge in [0.1, 0.15) is 5.75 Å². The highest BCUT2D eigenvalue weighted by molar-refractivity contribution is 7.19. The second-order valence-electron chi connectivity index (χ2n) is 4.56. The maximum Gasteiger partial charge on any atom is 0.138 e. The van der Waals surface area contributed by atoms with Gasteiger partial charge in [-0.25, -0.2) is 4.98 Å². The van der Waals surface area contributed by atoms with Crippen molar-refractivity contribution in [3.8, 4) is 5.75 Å². The summed E-state index contributed by atoms with van der Waals surface area (Å²) < 4.78 is 6.51. The summed E-state index contributed by atoms with van der Waals surface area (Å²) in [5.41, 5.74) is 7.17. The number of benzene rings is 1. The summed E-state index contributed by atoms with van der Waals surface area (Å²) in [5.74, 6) is 1.36. The molecular formula is C13H16N2OS. The van der Waals surface area contributed by atoms with E-state index in [4.69, 9.17) is 15.5 Å². The molecule has 2 aromatic rings. The number of hydrogen-bond acceptors (Lipinski definition) is 4. The molecule has 3 rings (SSSR count). The lowest BCUT2D eigenvalue weighted by molar-refractivity contribution is 0.420. The molecule has 0 spiro atoms. The number of hydrogen-bond donors (Lipinski definition) is 1. The molecule has 4 heteroatoms. The van der Waals surface area contributed by atoms with Crippen LogP contribution >= 0.6 is 11.3 Å². The third kappa shape index (κ3) is 1.81. The Labute approximate surface area is 105 Å². The standard InChI is InChI=1S/C13H16N2OS/c1-16-11-7-3-6-10-12(11)17-13(15-10)8-4-2-5-9(8)14/h3,6-9H,2,4-5,14H2,1H3. The average molecular weight is 248 g/mol. The molecule has 0 amide bonds. The van der Waals surface area contributed by atoms with Crippen LogP contribution in [-0.4, -0.2) is 18.1 Å². The summed E-state index contributed by atoms with van der Waals surface area (Å²) in [6, 6.07) is 6.29. The van der Waals surface area contributed by atoms with Gasteiger partial charge in [-0.1, -0.05) is 12.5 Å². The van der Waals surface area contributed by atoms with Gasteiger partial charge in [-0.2, -0.15) is 0 Å². The fourth-order valence-electron chi connectivity index (χ4n) is 2.56. The van der Waals surface area contributed by atoms with Crippen molar-refractivity contribution in [3.63, 3.8) is 0 Å². The van der Waals surface area contributed by atoms with Crippen LogP contribution in [0.15, 0.2) is 18.2 Å². The molecule has 0 saturated heterocycles. The first-order valence-corrected chi connectivity index (χ1v) is 6.80. The largest absolute Gasteiger partial charge is 0.495 e. The van der Waals surface area contributed by atoms with E-state index in [1.807, 2.05) is 18.2 Å². The fraction of sp³-hybridized carbons (Fsp3) is 0.462. The molecule has 1 heterocycles. The van der Waals surface area contributed by atoms with Crippen molar-refractivity contribution in [1.29, 1.82) is 0 Å². The average Bonchev–Trinajstić information content (AvgIpc) is 2.93. The van der Waals surface area contributed by atoms with E-state index in [0.29, 0.717) is 5.92 Å². The maximum atomic E-state index is 6.14. The zero-order chi connectivity index (χ0) is 11.8. The van der Waals surface area contributed by atoms with Crippen LogP contribution in [0, 0.1) is 0 Å². The van der Waals surface area contributed by atoms with E-state index in [9.17, 15) is 0 Å². The van der Waals surface area contributed by atoms with Crippen molar-refractivity contribution in [2.75, 3.05) is 7.11 Å². The third-order valence-electron chi connectivity index (χ3n) is 3.50. The highest BCUT2D eigenvalue weighted by Gasteiger charge is 2.28. The summed E-state index contributed by atoms with van der Waals surface area (Å²) in [4.78, 5) is 4.71. The number of rotatable bonds is 2. The van der Waals surface area contributed by atoms with Crippen LogP contribution in [0.5, 0.6) is 5.75 Å². The molecule has 1 aromatic carbocycles. The van der Waals surface area contributed by atoms with E-state index in [2.05, 4.69) is 0 Å². The molecule has 3 nitrogen and oxygen atoms in total. The fourth-order valence-corrected chi connectivity index (χ4v) is 3.82. The third-order valence-corrected chi connectivity index (χ3v) is 4.72. The molecule has 0 aliphatic heterocycles. The topological polar surface area (TPSA) is 48.1 Å². The lowest BCUT2D eigenvalue weighted by Gasteiger charge is -2.10. The zero-order valence-electron chi connectivity index (χ0n) is 9.85. The Hall–Kier alpha value is -1.13. The Kier molecular flexibility index (Phi) is 2.76. The number of ether oxygens (including phenoxy) is 1. The van der Waals surface area contributed by atoms with E-state index in [1.165, 1.54) is 17.8 Å². The summed E-state index contributed by atoms with van der Waals surface area (Å²) >= 11 is 1.73. The zero-order valence-corrected chi connectivity index (χ0v) is 10.7. The van der Waals surface area contributed by atoms with Gasteiger partial charge in [-0.3, -0.25) is 0 Å². The van der Waals surface area contributed by atoms with Gasteiger partial charge >= 0.3 is 0 Å². The first-order chi connectivity index (χ1) is 8.29. The lowest BCUT2D eigenvalue weighted by Crippen LogP contribution is -2.22. The predicted octanol–water partition coefficient (Wildman–Crippen LogP) is 2.90. The quantitative estimate of drug-likeness (QED) is 0.889. The molecule has 1 aliphatic carbocycles. The molecule has 2 unspecified atom stereocenters. The second-order valence-corrected chi connectivity index (χ2v) is 5.59. The molecule has 1 aliphatic rings. The molecule has 90 valence electrons. The minimum Gasteiger partial charge on any atom is -0.495 e. The van der Waals surface area contributed by atoms with Crippen molar-refractivity contribution >= 4 is 21.6 Å². The molecule has 2 atom stereocenters. The Morgan fingerprint density at radius 3 is 3.00 bits per heavy atom. The van der Waals surface area contributed by atoms with E-state index >= 15 is 0 Å². The second kappa shape index (κ2) is 4.27. The molecular weight excluding hydrogens is 232 g/mol. The highest BCUT2D eigenvalue weighted by Crippen LogP contribution is 2.39. The smallest absolute Gasteiger partial charge is 0.138 e. The van der Waals surface area contributed by atoms with Crippen LogP contribution in [0.25, 0.3) is 10.2 Å². The van der Waals surface area contributed by atoms with Gasteiger partial charge in [-0.15, -0.1) is 11.3 Å². The van der Waals surface area contributed by atoms with Gasteiger partial charge in [-0.05, 0) is 25.0 Å². The van der Waals surface area contributed by atoms with E-state index in [1.54, 1.807) is 18.4 Å². The molecule has 1 fully saturated rings. The minimum absolute atomic E-state index is 0.279. The van der Waals surface area contributed by atoms with E-state index in [0.717, 1.165) is 22.4 Å². The maximum absolute atomic E-state index is 6.14. The molecule has 17 heavy (non-hydrogen) atoms. The normalized spacial score (nSPS) is 24.4.